The first-order valence-corrected chi connectivity index (χ1v) is 5.29. The van der Waals surface area contributed by atoms with Gasteiger partial charge in [-0.25, -0.2) is 4.79 Å². The number of aromatic amines is 1. The van der Waals surface area contributed by atoms with Crippen molar-refractivity contribution in [3.8, 4) is 0 Å². The maximum absolute atomic E-state index is 11.6. The van der Waals surface area contributed by atoms with E-state index in [9.17, 15) is 9.59 Å². The molecule has 0 amide bonds. The first kappa shape index (κ1) is 11.8. The quantitative estimate of drug-likeness (QED) is 0.692. The standard InChI is InChI=1S/C11H14N2O4/c1-6-3-8(5-14)17-10(6)13-4-7(2)9(15)12-11(13)16/h4,8,10,14H,1,3,5H2,2H3,(H,12,15,16)/t8-,10-/m0/s1. The van der Waals surface area contributed by atoms with Gasteiger partial charge in [0.25, 0.3) is 5.56 Å². The second-order valence-electron chi connectivity index (χ2n) is 4.13. The van der Waals surface area contributed by atoms with Crippen LogP contribution in [0.3, 0.4) is 0 Å². The Kier molecular flexibility index (Phi) is 2.99. The van der Waals surface area contributed by atoms with Crippen molar-refractivity contribution in [2.24, 2.45) is 0 Å². The Bertz CT molecular complexity index is 557. The zero-order valence-corrected chi connectivity index (χ0v) is 9.47. The molecule has 17 heavy (non-hydrogen) atoms. The van der Waals surface area contributed by atoms with Gasteiger partial charge in [-0.1, -0.05) is 6.58 Å². The molecule has 0 aliphatic carbocycles. The minimum Gasteiger partial charge on any atom is -0.394 e. The fraction of sp³-hybridized carbons (Fsp3) is 0.455. The fourth-order valence-corrected chi connectivity index (χ4v) is 1.85. The molecule has 1 aromatic heterocycles. The summed E-state index contributed by atoms with van der Waals surface area (Å²) in [5.41, 5.74) is 0.185. The molecule has 0 unspecified atom stereocenters. The molecular formula is C11H14N2O4. The number of ether oxygens (including phenoxy) is 1. The average Bonchev–Trinajstić information content (AvgIpc) is 2.65. The Hall–Kier alpha value is -1.66. The summed E-state index contributed by atoms with van der Waals surface area (Å²) in [6.45, 7) is 5.30. The van der Waals surface area contributed by atoms with E-state index in [1.807, 2.05) is 0 Å². The lowest BCUT2D eigenvalue weighted by atomic mass is 10.1. The zero-order chi connectivity index (χ0) is 12.6. The summed E-state index contributed by atoms with van der Waals surface area (Å²) in [7, 11) is 0. The summed E-state index contributed by atoms with van der Waals surface area (Å²) in [4.78, 5) is 25.1. The molecule has 0 bridgehead atoms. The van der Waals surface area contributed by atoms with Gasteiger partial charge in [0, 0.05) is 18.2 Å². The number of aromatic nitrogens is 2. The molecule has 1 saturated heterocycles. The molecule has 2 N–H and O–H groups in total. The third-order valence-corrected chi connectivity index (χ3v) is 2.76. The molecule has 0 spiro atoms. The number of aliphatic hydroxyl groups is 1. The van der Waals surface area contributed by atoms with E-state index in [1.165, 1.54) is 10.8 Å². The van der Waals surface area contributed by atoms with Gasteiger partial charge in [0.15, 0.2) is 6.23 Å². The molecule has 1 fully saturated rings. The summed E-state index contributed by atoms with van der Waals surface area (Å²) >= 11 is 0. The smallest absolute Gasteiger partial charge is 0.330 e. The first-order chi connectivity index (χ1) is 8.02. The highest BCUT2D eigenvalue weighted by Gasteiger charge is 2.30. The largest absolute Gasteiger partial charge is 0.394 e. The molecule has 92 valence electrons. The van der Waals surface area contributed by atoms with Crippen molar-refractivity contribution in [3.63, 3.8) is 0 Å². The van der Waals surface area contributed by atoms with Crippen LogP contribution in [0.4, 0.5) is 0 Å². The average molecular weight is 238 g/mol. The van der Waals surface area contributed by atoms with Crippen molar-refractivity contribution in [1.29, 1.82) is 0 Å². The number of aliphatic hydroxyl groups excluding tert-OH is 1. The molecule has 2 rings (SSSR count). The van der Waals surface area contributed by atoms with Gasteiger partial charge < -0.3 is 9.84 Å². The summed E-state index contributed by atoms with van der Waals surface area (Å²) in [5, 5.41) is 9.01. The van der Waals surface area contributed by atoms with E-state index >= 15 is 0 Å². The van der Waals surface area contributed by atoms with E-state index < -0.39 is 17.5 Å². The minimum absolute atomic E-state index is 0.118. The van der Waals surface area contributed by atoms with Crippen LogP contribution in [-0.4, -0.2) is 27.4 Å². The second-order valence-corrected chi connectivity index (χ2v) is 4.13. The van der Waals surface area contributed by atoms with Crippen LogP contribution in [0.15, 0.2) is 27.9 Å². The van der Waals surface area contributed by atoms with Crippen molar-refractivity contribution in [2.75, 3.05) is 6.61 Å². The molecule has 2 heterocycles. The number of aryl methyl sites for hydroxylation is 1. The lowest BCUT2D eigenvalue weighted by Gasteiger charge is -2.15. The summed E-state index contributed by atoms with van der Waals surface area (Å²) in [6, 6.07) is 0. The molecule has 1 aliphatic heterocycles. The maximum atomic E-state index is 11.6. The highest BCUT2D eigenvalue weighted by Crippen LogP contribution is 2.31. The van der Waals surface area contributed by atoms with E-state index in [-0.39, 0.29) is 12.7 Å². The lowest BCUT2D eigenvalue weighted by molar-refractivity contribution is -0.0169. The van der Waals surface area contributed by atoms with Gasteiger partial charge >= 0.3 is 5.69 Å². The minimum atomic E-state index is -0.616. The highest BCUT2D eigenvalue weighted by atomic mass is 16.5. The van der Waals surface area contributed by atoms with E-state index in [0.29, 0.717) is 17.6 Å². The van der Waals surface area contributed by atoms with Crippen LogP contribution in [0.2, 0.25) is 0 Å². The Morgan fingerprint density at radius 3 is 2.94 bits per heavy atom. The number of H-pyrrole nitrogens is 1. The van der Waals surface area contributed by atoms with E-state index in [2.05, 4.69) is 11.6 Å². The SMILES string of the molecule is C=C1C[C@@H](CO)O[C@@H]1n1cc(C)c(=O)[nH]c1=O. The van der Waals surface area contributed by atoms with Gasteiger partial charge in [-0.2, -0.15) is 0 Å². The maximum Gasteiger partial charge on any atom is 0.330 e. The van der Waals surface area contributed by atoms with E-state index in [1.54, 1.807) is 6.92 Å². The molecular weight excluding hydrogens is 224 g/mol. The van der Waals surface area contributed by atoms with Gasteiger partial charge in [0.2, 0.25) is 0 Å². The third-order valence-electron chi connectivity index (χ3n) is 2.76. The van der Waals surface area contributed by atoms with Crippen LogP contribution < -0.4 is 11.2 Å². The van der Waals surface area contributed by atoms with Crippen molar-refractivity contribution in [1.82, 2.24) is 9.55 Å². The van der Waals surface area contributed by atoms with Gasteiger partial charge in [0.05, 0.1) is 12.7 Å². The van der Waals surface area contributed by atoms with Gasteiger partial charge in [0.1, 0.15) is 0 Å². The molecule has 0 radical (unpaired) electrons. The zero-order valence-electron chi connectivity index (χ0n) is 9.47. The third kappa shape index (κ3) is 2.09. The van der Waals surface area contributed by atoms with Gasteiger partial charge in [-0.3, -0.25) is 14.3 Å². The highest BCUT2D eigenvalue weighted by molar-refractivity contribution is 5.10. The Labute approximate surface area is 97.2 Å². The molecule has 0 saturated carbocycles. The number of rotatable bonds is 2. The lowest BCUT2D eigenvalue weighted by Crippen LogP contribution is -2.33. The summed E-state index contributed by atoms with van der Waals surface area (Å²) in [5.74, 6) is 0. The fourth-order valence-electron chi connectivity index (χ4n) is 1.85. The van der Waals surface area contributed by atoms with Crippen molar-refractivity contribution < 1.29 is 9.84 Å². The van der Waals surface area contributed by atoms with Gasteiger partial charge in [-0.05, 0) is 12.5 Å². The van der Waals surface area contributed by atoms with E-state index in [4.69, 9.17) is 9.84 Å². The number of nitrogens with one attached hydrogen (secondary N) is 1. The number of nitrogens with zero attached hydrogens (tertiary/aromatic N) is 1. The van der Waals surface area contributed by atoms with E-state index in [0.717, 1.165) is 0 Å². The normalized spacial score (nSPS) is 24.2. The van der Waals surface area contributed by atoms with Crippen molar-refractivity contribution in [3.05, 3.63) is 44.8 Å². The Balaban J connectivity index is 2.42. The Morgan fingerprint density at radius 2 is 2.35 bits per heavy atom. The van der Waals surface area contributed by atoms with Crippen LogP contribution in [0.5, 0.6) is 0 Å². The molecule has 6 heteroatoms. The van der Waals surface area contributed by atoms with Crippen LogP contribution in [-0.2, 0) is 4.74 Å². The van der Waals surface area contributed by atoms with Crippen molar-refractivity contribution in [2.45, 2.75) is 25.7 Å². The molecule has 1 aromatic rings. The van der Waals surface area contributed by atoms with Crippen LogP contribution in [0, 0.1) is 6.92 Å². The Morgan fingerprint density at radius 1 is 1.65 bits per heavy atom. The second kappa shape index (κ2) is 4.31. The molecule has 0 aromatic carbocycles. The number of hydrogen-bond donors (Lipinski definition) is 2. The van der Waals surface area contributed by atoms with Gasteiger partial charge in [-0.15, -0.1) is 0 Å². The molecule has 1 aliphatic rings. The van der Waals surface area contributed by atoms with Crippen LogP contribution in [0.1, 0.15) is 18.2 Å². The topological polar surface area (TPSA) is 84.3 Å². The molecule has 2 atom stereocenters. The number of hydrogen-bond acceptors (Lipinski definition) is 4. The predicted molar refractivity (Wildman–Crippen MR) is 60.8 cm³/mol. The summed E-state index contributed by atoms with van der Waals surface area (Å²) < 4.78 is 6.76. The van der Waals surface area contributed by atoms with Crippen LogP contribution >= 0.6 is 0 Å². The predicted octanol–water partition coefficient (Wildman–Crippen LogP) is -0.319. The van der Waals surface area contributed by atoms with Crippen molar-refractivity contribution >= 4 is 0 Å². The first-order valence-electron chi connectivity index (χ1n) is 5.29. The summed E-state index contributed by atoms with van der Waals surface area (Å²) in [6.07, 6.45) is 0.990. The van der Waals surface area contributed by atoms with Crippen LogP contribution in [0.25, 0.3) is 0 Å². The monoisotopic (exact) mass is 238 g/mol. The molecule has 6 nitrogen and oxygen atoms in total.